The van der Waals surface area contributed by atoms with E-state index >= 15 is 0 Å². The van der Waals surface area contributed by atoms with Crippen LogP contribution in [0.4, 0.5) is 13.2 Å². The zero-order valence-electron chi connectivity index (χ0n) is 10.2. The van der Waals surface area contributed by atoms with Gasteiger partial charge in [-0.2, -0.15) is 13.2 Å². The largest absolute Gasteiger partial charge is 0.403 e. The molecule has 2 rings (SSSR count). The molecule has 0 aliphatic rings. The minimum atomic E-state index is -4.31. The van der Waals surface area contributed by atoms with Crippen molar-refractivity contribution in [1.29, 1.82) is 0 Å². The van der Waals surface area contributed by atoms with Crippen molar-refractivity contribution in [1.82, 2.24) is 0 Å². The van der Waals surface area contributed by atoms with Gasteiger partial charge in [0.05, 0.1) is 0 Å². The number of hydrogen-bond donors (Lipinski definition) is 1. The first-order chi connectivity index (χ1) is 8.48. The van der Waals surface area contributed by atoms with Crippen molar-refractivity contribution in [2.75, 3.05) is 0 Å². The van der Waals surface area contributed by atoms with Gasteiger partial charge in [0.15, 0.2) is 0 Å². The highest BCUT2D eigenvalue weighted by Gasteiger charge is 2.36. The van der Waals surface area contributed by atoms with Crippen LogP contribution in [0.1, 0.15) is 12.0 Å². The maximum absolute atomic E-state index is 12.3. The van der Waals surface area contributed by atoms with Gasteiger partial charge in [0, 0.05) is 0 Å². The van der Waals surface area contributed by atoms with Crippen LogP contribution in [0.5, 0.6) is 0 Å². The highest BCUT2D eigenvalue weighted by atomic mass is 35.5. The van der Waals surface area contributed by atoms with Crippen molar-refractivity contribution in [3.63, 3.8) is 0 Å². The van der Waals surface area contributed by atoms with Crippen LogP contribution in [0.15, 0.2) is 42.5 Å². The first kappa shape index (κ1) is 15.8. The molecule has 0 spiro atoms. The second-order valence-electron chi connectivity index (χ2n) is 4.33. The van der Waals surface area contributed by atoms with Crippen LogP contribution in [0.2, 0.25) is 0 Å². The van der Waals surface area contributed by atoms with Gasteiger partial charge in [0.1, 0.15) is 6.04 Å². The van der Waals surface area contributed by atoms with Gasteiger partial charge < -0.3 is 5.73 Å². The molecule has 0 radical (unpaired) electrons. The van der Waals surface area contributed by atoms with Gasteiger partial charge in [-0.3, -0.25) is 0 Å². The zero-order valence-corrected chi connectivity index (χ0v) is 11.0. The molecule has 2 aromatic carbocycles. The van der Waals surface area contributed by atoms with E-state index in [1.54, 1.807) is 0 Å². The molecule has 0 heterocycles. The number of rotatable bonds is 3. The first-order valence-electron chi connectivity index (χ1n) is 5.77. The lowest BCUT2D eigenvalue weighted by Gasteiger charge is -2.15. The second-order valence-corrected chi connectivity index (χ2v) is 4.33. The van der Waals surface area contributed by atoms with E-state index in [0.29, 0.717) is 6.42 Å². The Morgan fingerprint density at radius 1 is 1.00 bits per heavy atom. The number of alkyl halides is 3. The van der Waals surface area contributed by atoms with E-state index in [4.69, 9.17) is 5.73 Å². The third kappa shape index (κ3) is 3.85. The number of nitrogens with two attached hydrogens (primary N) is 1. The topological polar surface area (TPSA) is 26.0 Å². The smallest absolute Gasteiger partial charge is 0.320 e. The molecule has 0 aromatic heterocycles. The van der Waals surface area contributed by atoms with Crippen LogP contribution in [0.25, 0.3) is 10.8 Å². The Morgan fingerprint density at radius 2 is 1.63 bits per heavy atom. The van der Waals surface area contributed by atoms with Gasteiger partial charge in [-0.25, -0.2) is 0 Å². The summed E-state index contributed by atoms with van der Waals surface area (Å²) in [7, 11) is 0. The predicted octanol–water partition coefficient (Wildman–Crippen LogP) is 4.08. The van der Waals surface area contributed by atoms with Gasteiger partial charge >= 0.3 is 6.18 Å². The summed E-state index contributed by atoms with van der Waals surface area (Å²) in [4.78, 5) is 0. The molecule has 2 aromatic rings. The summed E-state index contributed by atoms with van der Waals surface area (Å²) >= 11 is 0. The summed E-state index contributed by atoms with van der Waals surface area (Å²) in [6, 6.07) is 11.6. The van der Waals surface area contributed by atoms with Gasteiger partial charge in [0.25, 0.3) is 0 Å². The lowest BCUT2D eigenvalue weighted by atomic mass is 9.99. The van der Waals surface area contributed by atoms with Crippen molar-refractivity contribution in [2.45, 2.75) is 25.1 Å². The van der Waals surface area contributed by atoms with Crippen LogP contribution in [-0.2, 0) is 6.42 Å². The Morgan fingerprint density at radius 3 is 2.32 bits per heavy atom. The Kier molecular flexibility index (Phi) is 5.20. The highest BCUT2D eigenvalue weighted by Crippen LogP contribution is 2.24. The van der Waals surface area contributed by atoms with E-state index in [0.717, 1.165) is 16.3 Å². The normalized spacial score (nSPS) is 13.1. The molecule has 0 aliphatic heterocycles. The Balaban J connectivity index is 0.00000180. The van der Waals surface area contributed by atoms with Crippen molar-refractivity contribution >= 4 is 23.2 Å². The molecular weight excluding hydrogens is 275 g/mol. The summed E-state index contributed by atoms with van der Waals surface area (Å²) in [6.45, 7) is 0. The molecule has 104 valence electrons. The summed E-state index contributed by atoms with van der Waals surface area (Å²) in [5.74, 6) is 0. The summed E-state index contributed by atoms with van der Waals surface area (Å²) < 4.78 is 37.0. The van der Waals surface area contributed by atoms with Crippen LogP contribution in [0.3, 0.4) is 0 Å². The fraction of sp³-hybridized carbons (Fsp3) is 0.286. The van der Waals surface area contributed by atoms with Crippen molar-refractivity contribution in [3.8, 4) is 0 Å². The summed E-state index contributed by atoms with van der Waals surface area (Å²) in [5.41, 5.74) is 6.03. The number of fused-ring (bicyclic) bond motifs is 1. The monoisotopic (exact) mass is 289 g/mol. The summed E-state index contributed by atoms with van der Waals surface area (Å²) in [5, 5.41) is 2.03. The third-order valence-corrected chi connectivity index (χ3v) is 3.03. The SMILES string of the molecule is Cl.NC(CCc1cccc2ccccc12)C(F)(F)F. The second kappa shape index (κ2) is 6.26. The lowest BCUT2D eigenvalue weighted by Crippen LogP contribution is -2.37. The fourth-order valence-electron chi connectivity index (χ4n) is 1.99. The third-order valence-electron chi connectivity index (χ3n) is 3.03. The average Bonchev–Trinajstić information content (AvgIpc) is 2.34. The lowest BCUT2D eigenvalue weighted by molar-refractivity contribution is -0.148. The standard InChI is InChI=1S/C14H14F3N.ClH/c15-14(16,17)13(18)9-8-11-6-3-5-10-4-1-2-7-12(10)11;/h1-7,13H,8-9,18H2;1H. The average molecular weight is 290 g/mol. The maximum Gasteiger partial charge on any atom is 0.403 e. The van der Waals surface area contributed by atoms with Crippen LogP contribution in [-0.4, -0.2) is 12.2 Å². The molecule has 0 bridgehead atoms. The Labute approximate surface area is 116 Å². The number of benzene rings is 2. The van der Waals surface area contributed by atoms with Gasteiger partial charge in [0.2, 0.25) is 0 Å². The Hall–Kier alpha value is -1.26. The molecule has 1 unspecified atom stereocenters. The zero-order chi connectivity index (χ0) is 13.2. The van der Waals surface area contributed by atoms with E-state index in [9.17, 15) is 13.2 Å². The first-order valence-corrected chi connectivity index (χ1v) is 5.77. The van der Waals surface area contributed by atoms with Crippen LogP contribution < -0.4 is 5.73 Å². The van der Waals surface area contributed by atoms with Crippen molar-refractivity contribution in [3.05, 3.63) is 48.0 Å². The number of aryl methyl sites for hydroxylation is 1. The molecule has 0 amide bonds. The summed E-state index contributed by atoms with van der Waals surface area (Å²) in [6.07, 6.45) is -4.07. The number of hydrogen-bond acceptors (Lipinski definition) is 1. The molecule has 0 saturated carbocycles. The molecule has 1 nitrogen and oxygen atoms in total. The van der Waals surface area contributed by atoms with Gasteiger partial charge in [-0.05, 0) is 29.2 Å². The number of halogens is 4. The molecule has 0 aliphatic carbocycles. The molecule has 0 fully saturated rings. The fourth-order valence-corrected chi connectivity index (χ4v) is 1.99. The quantitative estimate of drug-likeness (QED) is 0.905. The van der Waals surface area contributed by atoms with Crippen LogP contribution in [0, 0.1) is 0 Å². The van der Waals surface area contributed by atoms with Gasteiger partial charge in [-0.15, -0.1) is 12.4 Å². The molecular formula is C14H15ClF3N. The highest BCUT2D eigenvalue weighted by molar-refractivity contribution is 5.86. The van der Waals surface area contributed by atoms with E-state index in [2.05, 4.69) is 0 Å². The van der Waals surface area contributed by atoms with E-state index in [-0.39, 0.29) is 18.8 Å². The van der Waals surface area contributed by atoms with Crippen molar-refractivity contribution < 1.29 is 13.2 Å². The molecule has 19 heavy (non-hydrogen) atoms. The maximum atomic E-state index is 12.3. The van der Waals surface area contributed by atoms with Crippen molar-refractivity contribution in [2.24, 2.45) is 5.73 Å². The molecule has 2 N–H and O–H groups in total. The van der Waals surface area contributed by atoms with E-state index in [1.807, 2.05) is 42.5 Å². The molecule has 0 saturated heterocycles. The van der Waals surface area contributed by atoms with Crippen LogP contribution >= 0.6 is 12.4 Å². The minimum absolute atomic E-state index is 0. The Bertz CT molecular complexity index is 534. The minimum Gasteiger partial charge on any atom is -0.320 e. The molecule has 5 heteroatoms. The van der Waals surface area contributed by atoms with E-state index < -0.39 is 12.2 Å². The molecule has 1 atom stereocenters. The van der Waals surface area contributed by atoms with E-state index in [1.165, 1.54) is 0 Å². The van der Waals surface area contributed by atoms with Gasteiger partial charge in [-0.1, -0.05) is 42.5 Å². The predicted molar refractivity (Wildman–Crippen MR) is 73.5 cm³/mol.